The van der Waals surface area contributed by atoms with Gasteiger partial charge < -0.3 is 4.74 Å². The molecule has 0 spiro atoms. The molecule has 0 radical (unpaired) electrons. The number of anilines is 1. The molecule has 1 aromatic heterocycles. The highest BCUT2D eigenvalue weighted by molar-refractivity contribution is 7.15. The number of thiazole rings is 1. The summed E-state index contributed by atoms with van der Waals surface area (Å²) < 4.78 is 5.04. The number of amides is 1. The van der Waals surface area contributed by atoms with Crippen LogP contribution in [0.15, 0.2) is 24.3 Å². The van der Waals surface area contributed by atoms with E-state index < -0.39 is 0 Å². The van der Waals surface area contributed by atoms with Crippen LogP contribution >= 0.6 is 11.3 Å². The monoisotopic (exact) mass is 290 g/mol. The summed E-state index contributed by atoms with van der Waals surface area (Å²) in [7, 11) is 1.65. The first-order valence-corrected chi connectivity index (χ1v) is 7.31. The van der Waals surface area contributed by atoms with Crippen molar-refractivity contribution in [2.45, 2.75) is 26.9 Å². The number of aromatic nitrogens is 1. The number of carbonyl (C=O) groups is 1. The molecule has 0 fully saturated rings. The third kappa shape index (κ3) is 3.43. The van der Waals surface area contributed by atoms with Gasteiger partial charge in [0, 0.05) is 17.6 Å². The Kier molecular flexibility index (Phi) is 4.87. The van der Waals surface area contributed by atoms with Crippen LogP contribution in [0.5, 0.6) is 0 Å². The molecule has 0 aliphatic carbocycles. The molecule has 106 valence electrons. The van der Waals surface area contributed by atoms with Gasteiger partial charge in [0.25, 0.3) is 5.91 Å². The molecule has 1 heterocycles. The molecule has 1 aromatic carbocycles. The Morgan fingerprint density at radius 3 is 2.60 bits per heavy atom. The van der Waals surface area contributed by atoms with Gasteiger partial charge in [-0.15, -0.1) is 11.3 Å². The van der Waals surface area contributed by atoms with E-state index in [0.717, 1.165) is 22.6 Å². The quantitative estimate of drug-likeness (QED) is 0.918. The molecule has 0 aliphatic rings. The van der Waals surface area contributed by atoms with E-state index in [1.165, 1.54) is 11.3 Å². The first-order chi connectivity index (χ1) is 9.63. The van der Waals surface area contributed by atoms with Crippen LogP contribution in [0.4, 0.5) is 5.13 Å². The minimum atomic E-state index is -0.134. The molecule has 20 heavy (non-hydrogen) atoms. The van der Waals surface area contributed by atoms with Crippen molar-refractivity contribution in [1.82, 2.24) is 4.98 Å². The van der Waals surface area contributed by atoms with Crippen molar-refractivity contribution in [3.63, 3.8) is 0 Å². The van der Waals surface area contributed by atoms with Crippen LogP contribution in [0.2, 0.25) is 0 Å². The molecule has 4 nitrogen and oxygen atoms in total. The van der Waals surface area contributed by atoms with Gasteiger partial charge in [0.05, 0.1) is 12.3 Å². The Morgan fingerprint density at radius 2 is 2.05 bits per heavy atom. The lowest BCUT2D eigenvalue weighted by atomic mass is 10.1. The second kappa shape index (κ2) is 6.63. The van der Waals surface area contributed by atoms with E-state index in [4.69, 9.17) is 4.74 Å². The molecule has 0 bridgehead atoms. The smallest absolute Gasteiger partial charge is 0.257 e. The van der Waals surface area contributed by atoms with Crippen molar-refractivity contribution in [1.29, 1.82) is 0 Å². The van der Waals surface area contributed by atoms with Gasteiger partial charge in [-0.1, -0.05) is 19.1 Å². The SMILES string of the molecule is CCc1nc(NC(=O)c2ccc(COC)cc2)sc1C. The van der Waals surface area contributed by atoms with E-state index in [1.54, 1.807) is 19.2 Å². The van der Waals surface area contributed by atoms with Crippen molar-refractivity contribution in [2.75, 3.05) is 12.4 Å². The van der Waals surface area contributed by atoms with Gasteiger partial charge >= 0.3 is 0 Å². The highest BCUT2D eigenvalue weighted by Crippen LogP contribution is 2.22. The normalized spacial score (nSPS) is 10.6. The van der Waals surface area contributed by atoms with Crippen LogP contribution in [-0.2, 0) is 17.8 Å². The Labute approximate surface area is 122 Å². The van der Waals surface area contributed by atoms with E-state index in [-0.39, 0.29) is 5.91 Å². The molecule has 2 rings (SSSR count). The lowest BCUT2D eigenvalue weighted by Gasteiger charge is -2.03. The fourth-order valence-electron chi connectivity index (χ4n) is 1.90. The molecule has 0 aliphatic heterocycles. The molecule has 0 unspecified atom stereocenters. The number of benzene rings is 1. The van der Waals surface area contributed by atoms with E-state index in [1.807, 2.05) is 19.1 Å². The van der Waals surface area contributed by atoms with Gasteiger partial charge in [0.15, 0.2) is 5.13 Å². The van der Waals surface area contributed by atoms with Crippen LogP contribution < -0.4 is 5.32 Å². The summed E-state index contributed by atoms with van der Waals surface area (Å²) in [5.74, 6) is -0.134. The third-order valence-electron chi connectivity index (χ3n) is 2.98. The van der Waals surface area contributed by atoms with Crippen molar-refractivity contribution < 1.29 is 9.53 Å². The van der Waals surface area contributed by atoms with E-state index >= 15 is 0 Å². The molecular formula is C15H18N2O2S. The summed E-state index contributed by atoms with van der Waals surface area (Å²) in [6, 6.07) is 7.38. The average Bonchev–Trinajstić information content (AvgIpc) is 2.80. The minimum absolute atomic E-state index is 0.134. The number of hydrogen-bond acceptors (Lipinski definition) is 4. The van der Waals surface area contributed by atoms with Crippen molar-refractivity contribution in [3.05, 3.63) is 46.0 Å². The number of ether oxygens (including phenoxy) is 1. The topological polar surface area (TPSA) is 51.2 Å². The molecule has 5 heteroatoms. The summed E-state index contributed by atoms with van der Waals surface area (Å²) in [6.07, 6.45) is 0.879. The van der Waals surface area contributed by atoms with Gasteiger partial charge in [-0.2, -0.15) is 0 Å². The summed E-state index contributed by atoms with van der Waals surface area (Å²) in [5, 5.41) is 3.50. The fraction of sp³-hybridized carbons (Fsp3) is 0.333. The van der Waals surface area contributed by atoms with Crippen molar-refractivity contribution in [2.24, 2.45) is 0 Å². The maximum atomic E-state index is 12.1. The average molecular weight is 290 g/mol. The number of nitrogens with zero attached hydrogens (tertiary/aromatic N) is 1. The number of nitrogens with one attached hydrogen (secondary N) is 1. The molecule has 0 saturated heterocycles. The first-order valence-electron chi connectivity index (χ1n) is 6.49. The molecule has 1 amide bonds. The Hall–Kier alpha value is -1.72. The molecule has 0 saturated carbocycles. The Morgan fingerprint density at radius 1 is 1.35 bits per heavy atom. The van der Waals surface area contributed by atoms with Crippen LogP contribution in [0.25, 0.3) is 0 Å². The van der Waals surface area contributed by atoms with Gasteiger partial charge in [0.2, 0.25) is 0 Å². The molecule has 1 N–H and O–H groups in total. The lowest BCUT2D eigenvalue weighted by molar-refractivity contribution is 0.102. The van der Waals surface area contributed by atoms with Crippen LogP contribution in [0.3, 0.4) is 0 Å². The van der Waals surface area contributed by atoms with Crippen LogP contribution in [0, 0.1) is 6.92 Å². The van der Waals surface area contributed by atoms with E-state index in [2.05, 4.69) is 17.2 Å². The number of aryl methyl sites for hydroxylation is 2. The van der Waals surface area contributed by atoms with Gasteiger partial charge in [-0.05, 0) is 31.0 Å². The van der Waals surface area contributed by atoms with E-state index in [0.29, 0.717) is 17.3 Å². The number of carbonyl (C=O) groups excluding carboxylic acids is 1. The van der Waals surface area contributed by atoms with Crippen molar-refractivity contribution >= 4 is 22.4 Å². The Bertz CT molecular complexity index is 590. The van der Waals surface area contributed by atoms with Crippen LogP contribution in [0.1, 0.15) is 33.4 Å². The predicted octanol–water partition coefficient (Wildman–Crippen LogP) is 3.41. The fourth-order valence-corrected chi connectivity index (χ4v) is 2.80. The summed E-state index contributed by atoms with van der Waals surface area (Å²) in [5.41, 5.74) is 2.71. The largest absolute Gasteiger partial charge is 0.380 e. The Balaban J connectivity index is 2.07. The number of rotatable bonds is 5. The molecule has 2 aromatic rings. The van der Waals surface area contributed by atoms with Crippen LogP contribution in [-0.4, -0.2) is 18.0 Å². The zero-order chi connectivity index (χ0) is 14.5. The highest BCUT2D eigenvalue weighted by atomic mass is 32.1. The predicted molar refractivity (Wildman–Crippen MR) is 81.3 cm³/mol. The maximum absolute atomic E-state index is 12.1. The lowest BCUT2D eigenvalue weighted by Crippen LogP contribution is -2.11. The minimum Gasteiger partial charge on any atom is -0.380 e. The van der Waals surface area contributed by atoms with Gasteiger partial charge in [-0.3, -0.25) is 10.1 Å². The molecular weight excluding hydrogens is 272 g/mol. The summed E-state index contributed by atoms with van der Waals surface area (Å²) in [6.45, 7) is 4.63. The second-order valence-corrected chi connectivity index (χ2v) is 5.66. The number of hydrogen-bond donors (Lipinski definition) is 1. The molecule has 0 atom stereocenters. The third-order valence-corrected chi connectivity index (χ3v) is 3.90. The van der Waals surface area contributed by atoms with E-state index in [9.17, 15) is 4.79 Å². The van der Waals surface area contributed by atoms with Gasteiger partial charge in [0.1, 0.15) is 0 Å². The maximum Gasteiger partial charge on any atom is 0.257 e. The second-order valence-electron chi connectivity index (χ2n) is 4.46. The summed E-state index contributed by atoms with van der Waals surface area (Å²) >= 11 is 1.51. The highest BCUT2D eigenvalue weighted by Gasteiger charge is 2.10. The zero-order valence-corrected chi connectivity index (χ0v) is 12.7. The standard InChI is InChI=1S/C15H18N2O2S/c1-4-13-10(2)20-15(16-13)17-14(18)12-7-5-11(6-8-12)9-19-3/h5-8H,4,9H2,1-3H3,(H,16,17,18). The van der Waals surface area contributed by atoms with Gasteiger partial charge in [-0.25, -0.2) is 4.98 Å². The zero-order valence-electron chi connectivity index (χ0n) is 11.9. The number of methoxy groups -OCH3 is 1. The summed E-state index contributed by atoms with van der Waals surface area (Å²) in [4.78, 5) is 17.7. The van der Waals surface area contributed by atoms with Crippen molar-refractivity contribution in [3.8, 4) is 0 Å². The first kappa shape index (κ1) is 14.7.